The summed E-state index contributed by atoms with van der Waals surface area (Å²) in [7, 11) is 0. The first-order chi connectivity index (χ1) is 19.3. The van der Waals surface area contributed by atoms with E-state index in [0.717, 1.165) is 54.4 Å². The van der Waals surface area contributed by atoms with Gasteiger partial charge in [0.2, 0.25) is 0 Å². The van der Waals surface area contributed by atoms with Crippen LogP contribution in [0.2, 0.25) is 0 Å². The zero-order valence-electron chi connectivity index (χ0n) is 22.6. The van der Waals surface area contributed by atoms with Crippen LogP contribution < -0.4 is 4.74 Å². The number of aromatic nitrogens is 3. The molecular formula is C29H35F4N5O2. The molecule has 2 saturated heterocycles. The van der Waals surface area contributed by atoms with Gasteiger partial charge in [-0.3, -0.25) is 19.2 Å². The number of fused-ring (bicyclic) bond motifs is 3. The molecule has 1 aromatic carbocycles. The van der Waals surface area contributed by atoms with Crippen molar-refractivity contribution in [3.63, 3.8) is 0 Å². The molecule has 6 rings (SSSR count). The SMILES string of the molecule is C[C@@H]1Cc2c(ccc3c2cnn3C2CCCCO2)[C@@H](c2ccc(OCCN3CC(CF)C3)cn2)N1CC(F)(F)F. The maximum atomic E-state index is 13.8. The summed E-state index contributed by atoms with van der Waals surface area (Å²) in [6.45, 7) is 3.84. The third-order valence-corrected chi connectivity index (χ3v) is 8.38. The molecule has 3 atom stereocenters. The lowest BCUT2D eigenvalue weighted by Gasteiger charge is -2.42. The number of rotatable bonds is 8. The Bertz CT molecular complexity index is 1300. The molecule has 3 aliphatic heterocycles. The number of nitrogens with zero attached hydrogens (tertiary/aromatic N) is 5. The molecule has 40 heavy (non-hydrogen) atoms. The van der Waals surface area contributed by atoms with Gasteiger partial charge in [0.05, 0.1) is 42.9 Å². The molecule has 5 heterocycles. The van der Waals surface area contributed by atoms with Gasteiger partial charge in [-0.2, -0.15) is 18.3 Å². The van der Waals surface area contributed by atoms with Gasteiger partial charge in [0, 0.05) is 43.6 Å². The molecule has 2 aromatic heterocycles. The highest BCUT2D eigenvalue weighted by Gasteiger charge is 2.42. The minimum Gasteiger partial charge on any atom is -0.491 e. The van der Waals surface area contributed by atoms with Crippen molar-refractivity contribution in [2.75, 3.05) is 46.1 Å². The Labute approximate surface area is 231 Å². The number of alkyl halides is 4. The Morgan fingerprint density at radius 1 is 1.10 bits per heavy atom. The van der Waals surface area contributed by atoms with E-state index in [-0.39, 0.29) is 24.9 Å². The Hall–Kier alpha value is -2.76. The summed E-state index contributed by atoms with van der Waals surface area (Å²) in [5, 5.41) is 5.60. The molecule has 1 unspecified atom stereocenters. The van der Waals surface area contributed by atoms with Gasteiger partial charge in [0.15, 0.2) is 6.23 Å². The van der Waals surface area contributed by atoms with Crippen LogP contribution in [-0.4, -0.2) is 82.8 Å². The van der Waals surface area contributed by atoms with Crippen molar-refractivity contribution in [3.05, 3.63) is 53.5 Å². The molecule has 0 bridgehead atoms. The number of ether oxygens (including phenoxy) is 2. The van der Waals surface area contributed by atoms with Crippen molar-refractivity contribution in [3.8, 4) is 5.75 Å². The van der Waals surface area contributed by atoms with Gasteiger partial charge in [0.1, 0.15) is 12.4 Å². The number of hydrogen-bond donors (Lipinski definition) is 0. The molecule has 0 spiro atoms. The van der Waals surface area contributed by atoms with Crippen LogP contribution >= 0.6 is 0 Å². The minimum atomic E-state index is -4.35. The molecule has 7 nitrogen and oxygen atoms in total. The fourth-order valence-electron chi connectivity index (χ4n) is 6.34. The topological polar surface area (TPSA) is 55.7 Å². The van der Waals surface area contributed by atoms with Crippen LogP contribution in [0.5, 0.6) is 5.75 Å². The first-order valence-electron chi connectivity index (χ1n) is 14.1. The largest absolute Gasteiger partial charge is 0.491 e. The zero-order chi connectivity index (χ0) is 27.9. The molecule has 0 amide bonds. The first kappa shape index (κ1) is 27.4. The van der Waals surface area contributed by atoms with E-state index in [1.165, 1.54) is 4.90 Å². The maximum Gasteiger partial charge on any atom is 0.401 e. The monoisotopic (exact) mass is 561 g/mol. The summed E-state index contributed by atoms with van der Waals surface area (Å²) in [6, 6.07) is 6.40. The van der Waals surface area contributed by atoms with Gasteiger partial charge in [-0.05, 0) is 61.9 Å². The molecule has 2 fully saturated rings. The molecule has 3 aliphatic rings. The first-order valence-corrected chi connectivity index (χ1v) is 14.1. The summed E-state index contributed by atoms with van der Waals surface area (Å²) >= 11 is 0. The normalized spacial score (nSPS) is 24.7. The van der Waals surface area contributed by atoms with Gasteiger partial charge in [-0.1, -0.05) is 6.07 Å². The van der Waals surface area contributed by atoms with Crippen LogP contribution in [0, 0.1) is 5.92 Å². The standard InChI is InChI=1S/C29H35F4N5O2/c1-19-12-23-22(6-8-26-24(23)15-35-38(26)27-4-2-3-10-40-27)28(37(19)18-29(31,32)33)25-7-5-21(14-34-25)39-11-9-36-16-20(13-30)17-36/h5-8,14-15,19-20,27-28H,2-4,9-13,16-18H2,1H3/t19-,27?,28+/m1/s1. The van der Waals surface area contributed by atoms with Gasteiger partial charge in [0.25, 0.3) is 0 Å². The molecular weight excluding hydrogens is 526 g/mol. The number of hydrogen-bond acceptors (Lipinski definition) is 6. The molecule has 0 saturated carbocycles. The second kappa shape index (κ2) is 11.3. The Morgan fingerprint density at radius 2 is 1.95 bits per heavy atom. The average Bonchev–Trinajstić information content (AvgIpc) is 3.35. The van der Waals surface area contributed by atoms with Crippen LogP contribution in [0.25, 0.3) is 10.9 Å². The fraction of sp³-hybridized carbons (Fsp3) is 0.586. The van der Waals surface area contributed by atoms with E-state index in [0.29, 0.717) is 37.6 Å². The van der Waals surface area contributed by atoms with E-state index in [4.69, 9.17) is 9.47 Å². The maximum absolute atomic E-state index is 13.8. The van der Waals surface area contributed by atoms with Crippen molar-refractivity contribution in [2.45, 2.75) is 57.1 Å². The third-order valence-electron chi connectivity index (χ3n) is 8.38. The van der Waals surface area contributed by atoms with E-state index < -0.39 is 18.8 Å². The van der Waals surface area contributed by atoms with Crippen molar-refractivity contribution < 1.29 is 27.0 Å². The third kappa shape index (κ3) is 5.56. The van der Waals surface area contributed by atoms with E-state index >= 15 is 0 Å². The van der Waals surface area contributed by atoms with Gasteiger partial charge in [-0.15, -0.1) is 0 Å². The number of likely N-dealkylation sites (tertiary alicyclic amines) is 1. The van der Waals surface area contributed by atoms with Gasteiger partial charge < -0.3 is 9.47 Å². The van der Waals surface area contributed by atoms with E-state index in [1.807, 2.05) is 29.9 Å². The van der Waals surface area contributed by atoms with Crippen molar-refractivity contribution >= 4 is 10.9 Å². The second-order valence-electron chi connectivity index (χ2n) is 11.3. The molecule has 0 N–H and O–H groups in total. The van der Waals surface area contributed by atoms with Crippen molar-refractivity contribution in [1.82, 2.24) is 24.6 Å². The molecule has 0 aliphatic carbocycles. The summed E-state index contributed by atoms with van der Waals surface area (Å²) in [5.41, 5.74) is 3.32. The average molecular weight is 562 g/mol. The molecule has 11 heteroatoms. The Kier molecular flexibility index (Phi) is 7.71. The summed E-state index contributed by atoms with van der Waals surface area (Å²) < 4.78 is 67.6. The predicted octanol–water partition coefficient (Wildman–Crippen LogP) is 5.31. The number of pyridine rings is 1. The molecule has 0 radical (unpaired) electrons. The van der Waals surface area contributed by atoms with Crippen LogP contribution in [0.1, 0.15) is 55.3 Å². The van der Waals surface area contributed by atoms with Crippen molar-refractivity contribution in [1.29, 1.82) is 0 Å². The van der Waals surface area contributed by atoms with Crippen molar-refractivity contribution in [2.24, 2.45) is 5.92 Å². The fourth-order valence-corrected chi connectivity index (χ4v) is 6.34. The van der Waals surface area contributed by atoms with E-state index in [9.17, 15) is 17.6 Å². The quantitative estimate of drug-likeness (QED) is 0.348. The summed E-state index contributed by atoms with van der Waals surface area (Å²) in [6.07, 6.45) is 2.42. The van der Waals surface area contributed by atoms with Gasteiger partial charge in [-0.25, -0.2) is 4.68 Å². The lowest BCUT2D eigenvalue weighted by molar-refractivity contribution is -0.155. The number of halogens is 4. The lowest BCUT2D eigenvalue weighted by atomic mass is 9.85. The smallest absolute Gasteiger partial charge is 0.401 e. The Balaban J connectivity index is 1.27. The van der Waals surface area contributed by atoms with Crippen LogP contribution in [0.3, 0.4) is 0 Å². The van der Waals surface area contributed by atoms with E-state index in [2.05, 4.69) is 15.0 Å². The van der Waals surface area contributed by atoms with Crippen LogP contribution in [0.15, 0.2) is 36.7 Å². The Morgan fingerprint density at radius 3 is 2.65 bits per heavy atom. The van der Waals surface area contributed by atoms with E-state index in [1.54, 1.807) is 18.3 Å². The molecule has 216 valence electrons. The highest BCUT2D eigenvalue weighted by molar-refractivity contribution is 5.84. The van der Waals surface area contributed by atoms with Crippen LogP contribution in [-0.2, 0) is 11.2 Å². The van der Waals surface area contributed by atoms with Crippen LogP contribution in [0.4, 0.5) is 17.6 Å². The van der Waals surface area contributed by atoms with Gasteiger partial charge >= 0.3 is 6.18 Å². The second-order valence-corrected chi connectivity index (χ2v) is 11.3. The highest BCUT2D eigenvalue weighted by atomic mass is 19.4. The highest BCUT2D eigenvalue weighted by Crippen LogP contribution is 2.42. The number of benzene rings is 1. The summed E-state index contributed by atoms with van der Waals surface area (Å²) in [4.78, 5) is 8.22. The summed E-state index contributed by atoms with van der Waals surface area (Å²) in [5.74, 6) is 0.680. The lowest BCUT2D eigenvalue weighted by Crippen LogP contribution is -2.49. The predicted molar refractivity (Wildman–Crippen MR) is 142 cm³/mol. The minimum absolute atomic E-state index is 0.122. The molecule has 3 aromatic rings. The zero-order valence-corrected chi connectivity index (χ0v) is 22.6.